The van der Waals surface area contributed by atoms with Gasteiger partial charge in [0, 0.05) is 4.88 Å². The van der Waals surface area contributed by atoms with Gasteiger partial charge in [0.25, 0.3) is 0 Å². The molecule has 0 amide bonds. The lowest BCUT2D eigenvalue weighted by atomic mass is 10.2. The molecule has 1 aliphatic rings. The maximum Gasteiger partial charge on any atom is 0.183 e. The summed E-state index contributed by atoms with van der Waals surface area (Å²) in [5.74, 6) is 0. The average Bonchev–Trinajstić information content (AvgIpc) is 2.67. The first kappa shape index (κ1) is 9.42. The van der Waals surface area contributed by atoms with Gasteiger partial charge in [-0.25, -0.2) is 0 Å². The summed E-state index contributed by atoms with van der Waals surface area (Å²) in [7, 11) is 0. The minimum atomic E-state index is 0.689. The van der Waals surface area contributed by atoms with Crippen molar-refractivity contribution in [3.8, 4) is 16.3 Å². The number of ether oxygens (including phenoxy) is 1. The van der Waals surface area contributed by atoms with Crippen molar-refractivity contribution < 1.29 is 4.74 Å². The zero-order valence-electron chi connectivity index (χ0n) is 8.16. The van der Waals surface area contributed by atoms with Crippen molar-refractivity contribution >= 4 is 27.3 Å². The number of aromatic nitrogens is 2. The zero-order chi connectivity index (χ0) is 10.4. The highest BCUT2D eigenvalue weighted by Gasteiger charge is 2.21. The number of aryl methyl sites for hydroxylation is 1. The number of halogens is 1. The second kappa shape index (κ2) is 3.35. The molecule has 0 fully saturated rings. The van der Waals surface area contributed by atoms with Crippen LogP contribution in [0.15, 0.2) is 16.7 Å². The second-order valence-electron chi connectivity index (χ2n) is 3.47. The van der Waals surface area contributed by atoms with Crippen LogP contribution in [0.4, 0.5) is 0 Å². The van der Waals surface area contributed by atoms with E-state index in [9.17, 15) is 0 Å². The fourth-order valence-corrected chi connectivity index (χ4v) is 3.18. The molecule has 0 aliphatic carbocycles. The summed E-state index contributed by atoms with van der Waals surface area (Å²) in [6.45, 7) is 3.59. The van der Waals surface area contributed by atoms with Crippen LogP contribution in [0.25, 0.3) is 11.3 Å². The second-order valence-corrected chi connectivity index (χ2v) is 5.54. The van der Waals surface area contributed by atoms with Crippen LogP contribution in [0.5, 0.6) is 5.06 Å². The highest BCUT2D eigenvalue weighted by molar-refractivity contribution is 9.10. The molecule has 0 saturated heterocycles. The minimum Gasteiger partial charge on any atom is -0.481 e. The van der Waals surface area contributed by atoms with Crippen LogP contribution in [0, 0.1) is 6.92 Å². The van der Waals surface area contributed by atoms with Crippen molar-refractivity contribution in [1.29, 1.82) is 0 Å². The first-order valence-corrected chi connectivity index (χ1v) is 6.31. The van der Waals surface area contributed by atoms with Crippen molar-refractivity contribution in [3.63, 3.8) is 0 Å². The van der Waals surface area contributed by atoms with Crippen molar-refractivity contribution in [3.05, 3.63) is 21.6 Å². The molecular formula is C10H9BrN2OS. The highest BCUT2D eigenvalue weighted by Crippen LogP contribution is 2.42. The fraction of sp³-hybridized carbons (Fsp3) is 0.300. The van der Waals surface area contributed by atoms with Gasteiger partial charge < -0.3 is 4.74 Å². The molecule has 1 aliphatic heterocycles. The molecule has 0 radical (unpaired) electrons. The normalized spacial score (nSPS) is 14.0. The Morgan fingerprint density at radius 2 is 2.47 bits per heavy atom. The quantitative estimate of drug-likeness (QED) is 0.743. The van der Waals surface area contributed by atoms with E-state index in [2.05, 4.69) is 34.0 Å². The molecule has 0 saturated carbocycles. The van der Waals surface area contributed by atoms with Crippen LogP contribution in [0.3, 0.4) is 0 Å². The average molecular weight is 285 g/mol. The van der Waals surface area contributed by atoms with E-state index in [1.54, 1.807) is 11.3 Å². The van der Waals surface area contributed by atoms with Crippen LogP contribution in [-0.4, -0.2) is 16.4 Å². The SMILES string of the molecule is Cc1cc2c(s1)OCCn1ncc(Br)c1-2. The molecule has 0 N–H and O–H groups in total. The van der Waals surface area contributed by atoms with Gasteiger partial charge in [-0.15, -0.1) is 11.3 Å². The number of nitrogens with zero attached hydrogens (tertiary/aromatic N) is 2. The summed E-state index contributed by atoms with van der Waals surface area (Å²) in [5, 5.41) is 5.33. The summed E-state index contributed by atoms with van der Waals surface area (Å²) in [5.41, 5.74) is 2.28. The number of rotatable bonds is 0. The molecule has 0 aromatic carbocycles. The molecule has 5 heteroatoms. The highest BCUT2D eigenvalue weighted by atomic mass is 79.9. The molecule has 0 unspecified atom stereocenters. The maximum absolute atomic E-state index is 5.70. The lowest BCUT2D eigenvalue weighted by molar-refractivity contribution is 0.308. The molecule has 0 bridgehead atoms. The lowest BCUT2D eigenvalue weighted by Gasteiger charge is -2.00. The molecular weight excluding hydrogens is 276 g/mol. The van der Waals surface area contributed by atoms with Crippen molar-refractivity contribution in [1.82, 2.24) is 9.78 Å². The van der Waals surface area contributed by atoms with Crippen LogP contribution < -0.4 is 4.74 Å². The van der Waals surface area contributed by atoms with Gasteiger partial charge in [0.1, 0.15) is 6.61 Å². The third-order valence-corrected chi connectivity index (χ3v) is 3.95. The summed E-state index contributed by atoms with van der Waals surface area (Å²) < 4.78 is 8.72. The van der Waals surface area contributed by atoms with Gasteiger partial charge in [0.15, 0.2) is 5.06 Å². The monoisotopic (exact) mass is 284 g/mol. The van der Waals surface area contributed by atoms with E-state index in [1.165, 1.54) is 4.88 Å². The lowest BCUT2D eigenvalue weighted by Crippen LogP contribution is -2.06. The van der Waals surface area contributed by atoms with Crippen molar-refractivity contribution in [2.75, 3.05) is 6.61 Å². The smallest absolute Gasteiger partial charge is 0.183 e. The minimum absolute atomic E-state index is 0.689. The van der Waals surface area contributed by atoms with E-state index in [4.69, 9.17) is 4.74 Å². The zero-order valence-corrected chi connectivity index (χ0v) is 10.6. The summed E-state index contributed by atoms with van der Waals surface area (Å²) in [4.78, 5) is 1.27. The van der Waals surface area contributed by atoms with E-state index < -0.39 is 0 Å². The molecule has 3 nitrogen and oxygen atoms in total. The van der Waals surface area contributed by atoms with E-state index in [1.807, 2.05) is 10.9 Å². The van der Waals surface area contributed by atoms with Gasteiger partial charge in [-0.2, -0.15) is 5.10 Å². The Morgan fingerprint density at radius 1 is 1.60 bits per heavy atom. The topological polar surface area (TPSA) is 27.1 Å². The van der Waals surface area contributed by atoms with Crippen LogP contribution in [0.1, 0.15) is 4.88 Å². The first-order chi connectivity index (χ1) is 7.25. The summed E-state index contributed by atoms with van der Waals surface area (Å²) in [6.07, 6.45) is 1.84. The largest absolute Gasteiger partial charge is 0.481 e. The Morgan fingerprint density at radius 3 is 3.33 bits per heavy atom. The third-order valence-electron chi connectivity index (χ3n) is 2.41. The predicted molar refractivity (Wildman–Crippen MR) is 63.5 cm³/mol. The van der Waals surface area contributed by atoms with E-state index in [-0.39, 0.29) is 0 Å². The first-order valence-electron chi connectivity index (χ1n) is 4.70. The van der Waals surface area contributed by atoms with E-state index >= 15 is 0 Å². The van der Waals surface area contributed by atoms with Crippen LogP contribution >= 0.6 is 27.3 Å². The maximum atomic E-state index is 5.70. The third kappa shape index (κ3) is 1.41. The summed E-state index contributed by atoms with van der Waals surface area (Å²) in [6, 6.07) is 2.16. The van der Waals surface area contributed by atoms with Crippen LogP contribution in [0.2, 0.25) is 0 Å². The molecule has 2 aromatic heterocycles. The number of fused-ring (bicyclic) bond motifs is 3. The molecule has 3 heterocycles. The molecule has 3 rings (SSSR count). The van der Waals surface area contributed by atoms with Crippen molar-refractivity contribution in [2.24, 2.45) is 0 Å². The Balaban J connectivity index is 2.29. The van der Waals surface area contributed by atoms with Gasteiger partial charge >= 0.3 is 0 Å². The molecule has 0 spiro atoms. The number of hydrogen-bond acceptors (Lipinski definition) is 3. The van der Waals surface area contributed by atoms with Gasteiger partial charge in [0.2, 0.25) is 0 Å². The van der Waals surface area contributed by atoms with Crippen molar-refractivity contribution in [2.45, 2.75) is 13.5 Å². The Hall–Kier alpha value is -0.810. The Bertz CT molecular complexity index is 517. The molecule has 2 aromatic rings. The predicted octanol–water partition coefficient (Wildman–Crippen LogP) is 3.07. The standard InChI is InChI=1S/C10H9BrN2OS/c1-6-4-7-9-8(11)5-12-13(9)2-3-14-10(7)15-6/h4-5H,2-3H2,1H3. The van der Waals surface area contributed by atoms with E-state index in [0.717, 1.165) is 27.3 Å². The van der Waals surface area contributed by atoms with Gasteiger partial charge in [0.05, 0.1) is 28.5 Å². The number of thiophene rings is 1. The number of hydrogen-bond donors (Lipinski definition) is 0. The molecule has 0 atom stereocenters. The fourth-order valence-electron chi connectivity index (χ4n) is 1.79. The van der Waals surface area contributed by atoms with Gasteiger partial charge in [-0.1, -0.05) is 0 Å². The van der Waals surface area contributed by atoms with Gasteiger partial charge in [-0.05, 0) is 28.9 Å². The van der Waals surface area contributed by atoms with Crippen LogP contribution in [-0.2, 0) is 6.54 Å². The Kier molecular flexibility index (Phi) is 2.10. The Labute approximate surface area is 99.8 Å². The molecule has 78 valence electrons. The molecule has 15 heavy (non-hydrogen) atoms. The van der Waals surface area contributed by atoms with Gasteiger partial charge in [-0.3, -0.25) is 4.68 Å². The van der Waals surface area contributed by atoms with E-state index in [0.29, 0.717) is 6.61 Å². The summed E-state index contributed by atoms with van der Waals surface area (Å²) >= 11 is 5.23.